The first kappa shape index (κ1) is 19.7. The molecule has 1 saturated heterocycles. The molecule has 0 radical (unpaired) electrons. The zero-order chi connectivity index (χ0) is 20.1. The number of anilines is 1. The minimum absolute atomic E-state index is 0.155. The maximum Gasteiger partial charge on any atom is 0.162 e. The van der Waals surface area contributed by atoms with Gasteiger partial charge in [0.05, 0.1) is 6.61 Å². The molecular formula is C17H21IN6O4. The van der Waals surface area contributed by atoms with Crippen LogP contribution in [-0.4, -0.2) is 81.6 Å². The van der Waals surface area contributed by atoms with Crippen LogP contribution in [0.1, 0.15) is 5.56 Å². The van der Waals surface area contributed by atoms with Gasteiger partial charge in [-0.05, 0) is 40.3 Å². The molecule has 5 atom stereocenters. The van der Waals surface area contributed by atoms with E-state index < -0.39 is 36.8 Å². The second-order valence-corrected chi connectivity index (χ2v) is 8.16. The summed E-state index contributed by atoms with van der Waals surface area (Å²) in [6.07, 6.45) is -2.41. The number of amidine groups is 1. The molecule has 4 rings (SSSR count). The fraction of sp³-hybridized carbons (Fsp3) is 0.471. The molecule has 150 valence electrons. The molecule has 7 N–H and O–H groups in total. The Morgan fingerprint density at radius 2 is 2.11 bits per heavy atom. The van der Waals surface area contributed by atoms with Crippen molar-refractivity contribution >= 4 is 46.2 Å². The van der Waals surface area contributed by atoms with Gasteiger partial charge in [-0.1, -0.05) is 6.07 Å². The average Bonchev–Trinajstić information content (AvgIpc) is 3.21. The lowest BCUT2D eigenvalue weighted by Gasteiger charge is -2.32. The smallest absolute Gasteiger partial charge is 0.162 e. The number of hydrogen-bond acceptors (Lipinski definition) is 10. The lowest BCUT2D eigenvalue weighted by molar-refractivity contribution is -0.0688. The Morgan fingerprint density at radius 3 is 2.79 bits per heavy atom. The summed E-state index contributed by atoms with van der Waals surface area (Å²) in [4.78, 5) is 14.8. The van der Waals surface area contributed by atoms with Crippen LogP contribution >= 0.6 is 22.6 Å². The molecule has 0 saturated carbocycles. The molecule has 3 aliphatic heterocycles. The number of nitrogen functional groups attached to an aromatic ring is 1. The highest BCUT2D eigenvalue weighted by Gasteiger charge is 2.50. The van der Waals surface area contributed by atoms with Crippen molar-refractivity contribution in [3.63, 3.8) is 0 Å². The third-order valence-electron chi connectivity index (χ3n) is 5.11. The Labute approximate surface area is 174 Å². The number of aliphatic imine (C=N–C) groups is 3. The average molecular weight is 500 g/mol. The van der Waals surface area contributed by atoms with Crippen LogP contribution < -0.4 is 11.5 Å². The maximum atomic E-state index is 10.3. The first-order valence-electron chi connectivity index (χ1n) is 8.73. The van der Waals surface area contributed by atoms with Crippen LogP contribution in [0.4, 0.5) is 5.69 Å². The number of nitrogens with two attached hydrogens (primary N) is 2. The Morgan fingerprint density at radius 1 is 1.32 bits per heavy atom. The second kappa shape index (κ2) is 7.31. The van der Waals surface area contributed by atoms with E-state index in [0.717, 1.165) is 9.13 Å². The van der Waals surface area contributed by atoms with Gasteiger partial charge in [0.25, 0.3) is 0 Å². The van der Waals surface area contributed by atoms with E-state index in [-0.39, 0.29) is 6.67 Å². The van der Waals surface area contributed by atoms with Crippen molar-refractivity contribution in [3.8, 4) is 0 Å². The Bertz CT molecular complexity index is 877. The SMILES string of the molecule is Nc1ccc(CC2(N)N=CN=C3C2=NCN3[C@@H]2O[C@H](CO)[C@@H](O)[C@H]2O)cc1I. The van der Waals surface area contributed by atoms with Crippen molar-refractivity contribution in [3.05, 3.63) is 27.3 Å². The van der Waals surface area contributed by atoms with Crippen molar-refractivity contribution in [1.29, 1.82) is 0 Å². The summed E-state index contributed by atoms with van der Waals surface area (Å²) in [5.41, 5.74) is 13.5. The van der Waals surface area contributed by atoms with Gasteiger partial charge in [0.1, 0.15) is 37.0 Å². The lowest BCUT2D eigenvalue weighted by atomic mass is 9.94. The maximum absolute atomic E-state index is 10.3. The van der Waals surface area contributed by atoms with Gasteiger partial charge in [0.2, 0.25) is 0 Å². The molecule has 1 unspecified atom stereocenters. The highest BCUT2D eigenvalue weighted by atomic mass is 127. The lowest BCUT2D eigenvalue weighted by Crippen LogP contribution is -2.56. The van der Waals surface area contributed by atoms with Crippen molar-refractivity contribution in [2.75, 3.05) is 19.0 Å². The standard InChI is InChI=1S/C17H21IN6O4/c18-9-3-8(1-2-10(9)19)4-17(20)14-15(21-6-23-17)24(7-22-14)16-13(27)12(26)11(5-25)28-16/h1-3,6,11-13,16,25-27H,4-5,7,19-20H2/t11-,12-,13-,16-,17?/m1/s1. The normalized spacial score (nSPS) is 34.4. The van der Waals surface area contributed by atoms with E-state index in [0.29, 0.717) is 23.7 Å². The van der Waals surface area contributed by atoms with E-state index in [1.165, 1.54) is 6.34 Å². The Hall–Kier alpha value is -1.64. The van der Waals surface area contributed by atoms with Gasteiger partial charge in [0, 0.05) is 15.7 Å². The third-order valence-corrected chi connectivity index (χ3v) is 6.04. The number of aliphatic hydroxyl groups is 3. The van der Waals surface area contributed by atoms with E-state index in [9.17, 15) is 15.3 Å². The second-order valence-electron chi connectivity index (χ2n) is 7.00. The van der Waals surface area contributed by atoms with Crippen molar-refractivity contribution in [2.24, 2.45) is 20.7 Å². The molecule has 0 bridgehead atoms. The fourth-order valence-electron chi connectivity index (χ4n) is 3.59. The third kappa shape index (κ3) is 3.21. The number of nitrogens with zero attached hydrogens (tertiary/aromatic N) is 4. The summed E-state index contributed by atoms with van der Waals surface area (Å²) in [6.45, 7) is -0.247. The predicted octanol–water partition coefficient (Wildman–Crippen LogP) is -1.34. The van der Waals surface area contributed by atoms with Crippen molar-refractivity contribution < 1.29 is 20.1 Å². The molecule has 10 nitrogen and oxygen atoms in total. The first-order chi connectivity index (χ1) is 13.3. The van der Waals surface area contributed by atoms with Gasteiger partial charge < -0.3 is 36.4 Å². The number of ether oxygens (including phenoxy) is 1. The van der Waals surface area contributed by atoms with Gasteiger partial charge in [-0.2, -0.15) is 0 Å². The molecule has 3 heterocycles. The molecular weight excluding hydrogens is 479 g/mol. The van der Waals surface area contributed by atoms with Gasteiger partial charge in [-0.3, -0.25) is 4.99 Å². The number of rotatable bonds is 4. The molecule has 0 amide bonds. The minimum atomic E-state index is -1.21. The zero-order valence-corrected chi connectivity index (χ0v) is 17.0. The summed E-state index contributed by atoms with van der Waals surface area (Å²) in [5.74, 6) is 0.442. The molecule has 11 heteroatoms. The van der Waals surface area contributed by atoms with E-state index >= 15 is 0 Å². The Kier molecular flexibility index (Phi) is 5.14. The molecule has 3 aliphatic rings. The predicted molar refractivity (Wildman–Crippen MR) is 112 cm³/mol. The van der Waals surface area contributed by atoms with Crippen LogP contribution in [0.25, 0.3) is 0 Å². The Balaban J connectivity index is 1.57. The first-order valence-corrected chi connectivity index (χ1v) is 9.80. The number of fused-ring (bicyclic) bond motifs is 1. The fourth-order valence-corrected chi connectivity index (χ4v) is 4.17. The zero-order valence-electron chi connectivity index (χ0n) is 14.8. The van der Waals surface area contributed by atoms with E-state index in [4.69, 9.17) is 16.2 Å². The van der Waals surface area contributed by atoms with E-state index in [1.807, 2.05) is 18.2 Å². The number of aliphatic hydroxyl groups excluding tert-OH is 3. The van der Waals surface area contributed by atoms with Crippen molar-refractivity contribution in [2.45, 2.75) is 36.6 Å². The quantitative estimate of drug-likeness (QED) is 0.253. The molecule has 0 aliphatic carbocycles. The minimum Gasteiger partial charge on any atom is -0.398 e. The van der Waals surface area contributed by atoms with E-state index in [2.05, 4.69) is 37.6 Å². The van der Waals surface area contributed by atoms with Crippen molar-refractivity contribution in [1.82, 2.24) is 4.90 Å². The topological polar surface area (TPSA) is 162 Å². The number of benzene rings is 1. The van der Waals surface area contributed by atoms with Crippen LogP contribution in [0.2, 0.25) is 0 Å². The van der Waals surface area contributed by atoms with Crippen LogP contribution in [0, 0.1) is 3.57 Å². The van der Waals surface area contributed by atoms with Crippen LogP contribution in [-0.2, 0) is 11.2 Å². The van der Waals surface area contributed by atoms with E-state index in [1.54, 1.807) is 4.90 Å². The number of hydrogen-bond donors (Lipinski definition) is 5. The number of halogens is 1. The van der Waals surface area contributed by atoms with Crippen LogP contribution in [0.5, 0.6) is 0 Å². The molecule has 1 fully saturated rings. The van der Waals surface area contributed by atoms with Gasteiger partial charge in [0.15, 0.2) is 17.7 Å². The summed E-state index contributed by atoms with van der Waals surface area (Å²) in [5, 5.41) is 29.7. The molecule has 0 aromatic heterocycles. The van der Waals surface area contributed by atoms with Gasteiger partial charge in [-0.15, -0.1) is 0 Å². The van der Waals surface area contributed by atoms with Gasteiger partial charge in [-0.25, -0.2) is 9.98 Å². The molecule has 1 aromatic rings. The molecule has 1 aromatic carbocycles. The summed E-state index contributed by atoms with van der Waals surface area (Å²) in [7, 11) is 0. The largest absolute Gasteiger partial charge is 0.398 e. The monoisotopic (exact) mass is 500 g/mol. The highest BCUT2D eigenvalue weighted by Crippen LogP contribution is 2.30. The van der Waals surface area contributed by atoms with Gasteiger partial charge >= 0.3 is 0 Å². The summed E-state index contributed by atoms with van der Waals surface area (Å²) in [6, 6.07) is 5.67. The molecule has 0 spiro atoms. The summed E-state index contributed by atoms with van der Waals surface area (Å²) < 4.78 is 6.53. The summed E-state index contributed by atoms with van der Waals surface area (Å²) >= 11 is 2.16. The highest BCUT2D eigenvalue weighted by molar-refractivity contribution is 14.1. The van der Waals surface area contributed by atoms with Crippen LogP contribution in [0.3, 0.4) is 0 Å². The molecule has 28 heavy (non-hydrogen) atoms. The van der Waals surface area contributed by atoms with Crippen LogP contribution in [0.15, 0.2) is 33.2 Å².